The Balaban J connectivity index is 1.63. The molecular weight excluding hydrogens is 483 g/mol. The number of amides is 1. The fraction of sp³-hybridized carbons (Fsp3) is 0.333. The van der Waals surface area contributed by atoms with E-state index in [0.717, 1.165) is 41.9 Å². The number of alkyl halides is 3. The molecule has 0 saturated heterocycles. The second-order valence-corrected chi connectivity index (χ2v) is 10.7. The first-order chi connectivity index (χ1) is 16.4. The summed E-state index contributed by atoms with van der Waals surface area (Å²) >= 11 is 0. The Labute approximate surface area is 201 Å². The van der Waals surface area contributed by atoms with Crippen molar-refractivity contribution in [2.45, 2.75) is 51.0 Å². The second-order valence-electron chi connectivity index (χ2n) is 8.41. The van der Waals surface area contributed by atoms with Gasteiger partial charge < -0.3 is 9.64 Å². The normalized spacial score (nSPS) is 14.6. The number of halogens is 3. The summed E-state index contributed by atoms with van der Waals surface area (Å²) in [6, 6.07) is 11.1. The van der Waals surface area contributed by atoms with E-state index in [9.17, 15) is 26.4 Å². The number of nitrogens with zero attached hydrogens (tertiary/aromatic N) is 3. The van der Waals surface area contributed by atoms with Crippen LogP contribution in [0, 0.1) is 6.92 Å². The molecule has 2 heterocycles. The number of hydrogen-bond donors (Lipinski definition) is 0. The Kier molecular flexibility index (Phi) is 6.39. The Bertz CT molecular complexity index is 1360. The van der Waals surface area contributed by atoms with Crippen molar-refractivity contribution in [2.24, 2.45) is 0 Å². The predicted molar refractivity (Wildman–Crippen MR) is 122 cm³/mol. The molecule has 11 heteroatoms. The van der Waals surface area contributed by atoms with Gasteiger partial charge in [-0.3, -0.25) is 4.79 Å². The zero-order valence-electron chi connectivity index (χ0n) is 19.3. The van der Waals surface area contributed by atoms with Gasteiger partial charge in [0.1, 0.15) is 5.75 Å². The number of fused-ring (bicyclic) bond motifs is 1. The number of carbonyl (C=O) groups is 1. The molecule has 0 saturated carbocycles. The molecule has 186 valence electrons. The van der Waals surface area contributed by atoms with Crippen LogP contribution in [0.4, 0.5) is 13.2 Å². The smallest absolute Gasteiger partial charge is 0.425 e. The quantitative estimate of drug-likeness (QED) is 0.492. The van der Waals surface area contributed by atoms with Crippen molar-refractivity contribution in [3.63, 3.8) is 0 Å². The van der Waals surface area contributed by atoms with Gasteiger partial charge in [0.25, 0.3) is 5.91 Å². The second kappa shape index (κ2) is 9.03. The number of ether oxygens (including phenoxy) is 1. The van der Waals surface area contributed by atoms with Gasteiger partial charge in [0.15, 0.2) is 15.9 Å². The summed E-state index contributed by atoms with van der Waals surface area (Å²) in [7, 11) is -3.70. The van der Waals surface area contributed by atoms with Gasteiger partial charge >= 0.3 is 6.18 Å². The van der Waals surface area contributed by atoms with E-state index >= 15 is 0 Å². The Morgan fingerprint density at radius 3 is 2.54 bits per heavy atom. The maximum atomic E-state index is 13.4. The van der Waals surface area contributed by atoms with Gasteiger partial charge in [-0.25, -0.2) is 13.1 Å². The van der Waals surface area contributed by atoms with Crippen LogP contribution in [0.25, 0.3) is 5.69 Å². The lowest BCUT2D eigenvalue weighted by atomic mass is 10.1. The number of aromatic nitrogens is 2. The molecule has 0 unspecified atom stereocenters. The average Bonchev–Trinajstić information content (AvgIpc) is 3.38. The standard InChI is InChI=1S/C24H24F3N3O4S/c1-4-35(32,33)19-8-9-22(34-16(3)24(25,26)27)20(11-19)23(31)29-12-17-13-30(28-21(17)14-29)18-7-5-6-15(2)10-18/h5-11,13,16H,4,12,14H2,1-3H3/t16-/m0/s1. The minimum Gasteiger partial charge on any atom is -0.480 e. The summed E-state index contributed by atoms with van der Waals surface area (Å²) in [5, 5.41) is 4.55. The van der Waals surface area contributed by atoms with Gasteiger partial charge in [0.2, 0.25) is 0 Å². The number of carbonyl (C=O) groups excluding carboxylic acids is 1. The monoisotopic (exact) mass is 507 g/mol. The van der Waals surface area contributed by atoms with E-state index in [4.69, 9.17) is 4.74 Å². The van der Waals surface area contributed by atoms with Crippen molar-refractivity contribution in [1.29, 1.82) is 0 Å². The summed E-state index contributed by atoms with van der Waals surface area (Å²) < 4.78 is 70.8. The van der Waals surface area contributed by atoms with Crippen molar-refractivity contribution < 1.29 is 31.1 Å². The first-order valence-electron chi connectivity index (χ1n) is 10.9. The highest BCUT2D eigenvalue weighted by Gasteiger charge is 2.39. The zero-order valence-corrected chi connectivity index (χ0v) is 20.2. The molecule has 0 N–H and O–H groups in total. The zero-order chi connectivity index (χ0) is 25.5. The summed E-state index contributed by atoms with van der Waals surface area (Å²) in [5.41, 5.74) is 3.14. The maximum Gasteiger partial charge on any atom is 0.425 e. The highest BCUT2D eigenvalue weighted by molar-refractivity contribution is 7.91. The minimum absolute atomic E-state index is 0.131. The fourth-order valence-corrected chi connectivity index (χ4v) is 4.67. The molecule has 7 nitrogen and oxygen atoms in total. The van der Waals surface area contributed by atoms with Crippen molar-refractivity contribution >= 4 is 15.7 Å². The van der Waals surface area contributed by atoms with Crippen LogP contribution in [-0.2, 0) is 22.9 Å². The van der Waals surface area contributed by atoms with Gasteiger partial charge in [-0.15, -0.1) is 0 Å². The van der Waals surface area contributed by atoms with E-state index in [2.05, 4.69) is 5.10 Å². The third kappa shape index (κ3) is 5.04. The molecule has 3 aromatic rings. The molecule has 0 aliphatic carbocycles. The Morgan fingerprint density at radius 1 is 1.17 bits per heavy atom. The summed E-state index contributed by atoms with van der Waals surface area (Å²) in [5.74, 6) is -1.19. The molecule has 1 aromatic heterocycles. The number of benzene rings is 2. The Hall–Kier alpha value is -3.34. The number of sulfone groups is 1. The lowest BCUT2D eigenvalue weighted by Crippen LogP contribution is -2.33. The molecular formula is C24H24F3N3O4S. The van der Waals surface area contributed by atoms with Crippen LogP contribution in [0.2, 0.25) is 0 Å². The first-order valence-corrected chi connectivity index (χ1v) is 12.6. The molecule has 2 aromatic carbocycles. The molecule has 0 spiro atoms. The van der Waals surface area contributed by atoms with E-state index in [1.165, 1.54) is 11.8 Å². The van der Waals surface area contributed by atoms with E-state index in [-0.39, 0.29) is 35.1 Å². The molecule has 0 radical (unpaired) electrons. The van der Waals surface area contributed by atoms with E-state index < -0.39 is 28.0 Å². The van der Waals surface area contributed by atoms with Gasteiger partial charge in [-0.05, 0) is 49.7 Å². The Morgan fingerprint density at radius 2 is 1.91 bits per heavy atom. The first kappa shape index (κ1) is 24.8. The lowest BCUT2D eigenvalue weighted by Gasteiger charge is -2.22. The molecule has 1 aliphatic rings. The number of hydrogen-bond acceptors (Lipinski definition) is 5. The van der Waals surface area contributed by atoms with Crippen LogP contribution in [0.5, 0.6) is 5.75 Å². The number of aryl methyl sites for hydroxylation is 1. The highest BCUT2D eigenvalue weighted by atomic mass is 32.2. The molecule has 1 aliphatic heterocycles. The highest BCUT2D eigenvalue weighted by Crippen LogP contribution is 2.32. The van der Waals surface area contributed by atoms with Crippen LogP contribution in [0.3, 0.4) is 0 Å². The van der Waals surface area contributed by atoms with Crippen LogP contribution in [0.15, 0.2) is 53.6 Å². The van der Waals surface area contributed by atoms with Crippen molar-refractivity contribution in [1.82, 2.24) is 14.7 Å². The lowest BCUT2D eigenvalue weighted by molar-refractivity contribution is -0.189. The van der Waals surface area contributed by atoms with Crippen LogP contribution >= 0.6 is 0 Å². The molecule has 1 atom stereocenters. The van der Waals surface area contributed by atoms with E-state index in [1.54, 1.807) is 10.9 Å². The van der Waals surface area contributed by atoms with Crippen LogP contribution < -0.4 is 4.74 Å². The maximum absolute atomic E-state index is 13.4. The number of rotatable bonds is 6. The van der Waals surface area contributed by atoms with Crippen molar-refractivity contribution in [3.8, 4) is 11.4 Å². The largest absolute Gasteiger partial charge is 0.480 e. The molecule has 0 bridgehead atoms. The van der Waals surface area contributed by atoms with Gasteiger partial charge in [0.05, 0.1) is 34.1 Å². The molecule has 0 fully saturated rings. The van der Waals surface area contributed by atoms with Crippen molar-refractivity contribution in [3.05, 3.63) is 71.0 Å². The van der Waals surface area contributed by atoms with E-state index in [0.29, 0.717) is 5.69 Å². The summed E-state index contributed by atoms with van der Waals surface area (Å²) in [6.07, 6.45) is -5.04. The predicted octanol–water partition coefficient (Wildman–Crippen LogP) is 4.46. The van der Waals surface area contributed by atoms with Gasteiger partial charge in [-0.2, -0.15) is 18.3 Å². The third-order valence-corrected chi connectivity index (χ3v) is 7.55. The van der Waals surface area contributed by atoms with Crippen molar-refractivity contribution in [2.75, 3.05) is 5.75 Å². The van der Waals surface area contributed by atoms with E-state index in [1.807, 2.05) is 31.2 Å². The van der Waals surface area contributed by atoms with Crippen LogP contribution in [-0.4, -0.2) is 47.0 Å². The summed E-state index contributed by atoms with van der Waals surface area (Å²) in [4.78, 5) is 14.6. The topological polar surface area (TPSA) is 81.5 Å². The molecule has 4 rings (SSSR count). The average molecular weight is 508 g/mol. The van der Waals surface area contributed by atoms with Gasteiger partial charge in [0, 0.05) is 18.3 Å². The van der Waals surface area contributed by atoms with Gasteiger partial charge in [-0.1, -0.05) is 19.1 Å². The minimum atomic E-state index is -4.65. The molecule has 35 heavy (non-hydrogen) atoms. The van der Waals surface area contributed by atoms with Crippen LogP contribution in [0.1, 0.15) is 41.0 Å². The SMILES string of the molecule is CCS(=O)(=O)c1ccc(O[C@@H](C)C(F)(F)F)c(C(=O)N2Cc3cn(-c4cccc(C)c4)nc3C2)c1. The molecule has 1 amide bonds. The third-order valence-electron chi connectivity index (χ3n) is 5.82. The summed E-state index contributed by atoms with van der Waals surface area (Å²) in [6.45, 7) is 4.54. The fourth-order valence-electron chi connectivity index (χ4n) is 3.77.